The summed E-state index contributed by atoms with van der Waals surface area (Å²) in [5, 5.41) is 22.9. The van der Waals surface area contributed by atoms with Crippen LogP contribution in [0, 0.1) is 10.1 Å². The maximum absolute atomic E-state index is 10.5. The number of hydrogen-bond acceptors (Lipinski definition) is 4. The Kier molecular flexibility index (Phi) is 3.65. The van der Waals surface area contributed by atoms with Gasteiger partial charge in [0.1, 0.15) is 0 Å². The first-order valence-electron chi connectivity index (χ1n) is 3.85. The molecule has 0 saturated carbocycles. The van der Waals surface area contributed by atoms with Crippen LogP contribution in [0.2, 0.25) is 0 Å². The molecular weight excluding hydrogens is 253 g/mol. The number of halogens is 1. The summed E-state index contributed by atoms with van der Waals surface area (Å²) in [5.74, 6) is 0. The molecule has 14 heavy (non-hydrogen) atoms. The third-order valence-electron chi connectivity index (χ3n) is 1.60. The Morgan fingerprint density at radius 3 is 2.79 bits per heavy atom. The van der Waals surface area contributed by atoms with Crippen LogP contribution in [-0.4, -0.2) is 34.3 Å². The van der Waals surface area contributed by atoms with E-state index in [-0.39, 0.29) is 22.5 Å². The van der Waals surface area contributed by atoms with Gasteiger partial charge in [-0.3, -0.25) is 14.8 Å². The lowest BCUT2D eigenvalue weighted by molar-refractivity contribution is -0.384. The molecule has 2 radical (unpaired) electrons. The first-order chi connectivity index (χ1) is 6.57. The van der Waals surface area contributed by atoms with E-state index in [1.54, 1.807) is 0 Å². The summed E-state index contributed by atoms with van der Waals surface area (Å²) in [5.41, 5.74) is -0.359. The molecule has 1 heterocycles. The number of nitrogens with zero attached hydrogens (tertiary/aromatic N) is 3. The average molecular weight is 260 g/mol. The fourth-order valence-corrected chi connectivity index (χ4v) is 1.59. The van der Waals surface area contributed by atoms with Gasteiger partial charge in [-0.15, -0.1) is 0 Å². The summed E-state index contributed by atoms with van der Waals surface area (Å²) in [6.45, 7) is 0.384. The van der Waals surface area contributed by atoms with Crippen molar-refractivity contribution in [2.24, 2.45) is 0 Å². The first-order valence-corrected chi connectivity index (χ1v) is 4.64. The summed E-state index contributed by atoms with van der Waals surface area (Å²) >= 11 is 3.03. The van der Waals surface area contributed by atoms with Crippen molar-refractivity contribution in [3.8, 4) is 0 Å². The number of aryl methyl sites for hydroxylation is 1. The summed E-state index contributed by atoms with van der Waals surface area (Å²) in [6.07, 6.45) is 0.469. The van der Waals surface area contributed by atoms with Crippen molar-refractivity contribution in [1.29, 1.82) is 0 Å². The molecule has 8 heteroatoms. The molecule has 0 aliphatic heterocycles. The van der Waals surface area contributed by atoms with Crippen molar-refractivity contribution in [2.75, 3.05) is 6.61 Å². The van der Waals surface area contributed by atoms with Crippen LogP contribution in [0.4, 0.5) is 5.69 Å². The van der Waals surface area contributed by atoms with E-state index in [1.807, 2.05) is 0 Å². The average Bonchev–Trinajstić information content (AvgIpc) is 2.38. The van der Waals surface area contributed by atoms with Crippen LogP contribution in [0.3, 0.4) is 0 Å². The molecule has 0 atom stereocenters. The molecule has 0 aromatic carbocycles. The molecule has 0 aliphatic carbocycles. The van der Waals surface area contributed by atoms with Crippen molar-refractivity contribution >= 4 is 35.1 Å². The number of aliphatic hydroxyl groups excluding tert-OH is 1. The Labute approximate surface area is 89.6 Å². The van der Waals surface area contributed by atoms with E-state index in [2.05, 4.69) is 21.0 Å². The van der Waals surface area contributed by atoms with Gasteiger partial charge in [-0.05, 0) is 22.4 Å². The number of hydrogen-bond donors (Lipinski definition) is 1. The van der Waals surface area contributed by atoms with E-state index in [1.165, 1.54) is 4.68 Å². The molecule has 0 bridgehead atoms. The molecule has 0 fully saturated rings. The normalized spacial score (nSPS) is 10.4. The highest BCUT2D eigenvalue weighted by Crippen LogP contribution is 2.21. The lowest BCUT2D eigenvalue weighted by Gasteiger charge is -1.99. The van der Waals surface area contributed by atoms with Gasteiger partial charge < -0.3 is 5.11 Å². The maximum Gasteiger partial charge on any atom is 0.313 e. The number of aliphatic hydroxyl groups is 1. The predicted octanol–water partition coefficient (Wildman–Crippen LogP) is -0.270. The molecule has 74 valence electrons. The molecule has 0 spiro atoms. The molecule has 1 rings (SSSR count). The highest BCUT2D eigenvalue weighted by molar-refractivity contribution is 9.10. The van der Waals surface area contributed by atoms with Crippen molar-refractivity contribution in [3.05, 3.63) is 14.7 Å². The Morgan fingerprint density at radius 1 is 1.71 bits per heavy atom. The van der Waals surface area contributed by atoms with Crippen LogP contribution in [0.15, 0.2) is 4.60 Å². The molecule has 6 nitrogen and oxygen atoms in total. The quantitative estimate of drug-likeness (QED) is 0.459. The Morgan fingerprint density at radius 2 is 2.36 bits per heavy atom. The SMILES string of the molecule is [B]c1nn(CCCO)c(Br)c1[N+](=O)[O-]. The maximum atomic E-state index is 10.5. The Bertz CT molecular complexity index is 354. The smallest absolute Gasteiger partial charge is 0.313 e. The van der Waals surface area contributed by atoms with Gasteiger partial charge in [0, 0.05) is 13.2 Å². The summed E-state index contributed by atoms with van der Waals surface area (Å²) in [6, 6.07) is 0. The van der Waals surface area contributed by atoms with Gasteiger partial charge in [-0.2, -0.15) is 5.10 Å². The number of nitro groups is 1. The molecule has 0 amide bonds. The molecule has 1 aromatic rings. The minimum Gasteiger partial charge on any atom is -0.396 e. The Hall–Kier alpha value is -0.885. The molecular formula is C6H7BBrN3O3. The largest absolute Gasteiger partial charge is 0.396 e. The van der Waals surface area contributed by atoms with Crippen molar-refractivity contribution < 1.29 is 10.0 Å². The monoisotopic (exact) mass is 259 g/mol. The molecule has 0 unspecified atom stereocenters. The fraction of sp³-hybridized carbons (Fsp3) is 0.500. The van der Waals surface area contributed by atoms with Crippen LogP contribution < -0.4 is 5.59 Å². The highest BCUT2D eigenvalue weighted by atomic mass is 79.9. The first kappa shape index (κ1) is 11.2. The van der Waals surface area contributed by atoms with Gasteiger partial charge in [0.15, 0.2) is 12.4 Å². The zero-order chi connectivity index (χ0) is 10.7. The second-order valence-corrected chi connectivity index (χ2v) is 3.33. The van der Waals surface area contributed by atoms with Gasteiger partial charge >= 0.3 is 5.69 Å². The minimum absolute atomic E-state index is 0.00000236. The van der Waals surface area contributed by atoms with Crippen molar-refractivity contribution in [1.82, 2.24) is 9.78 Å². The highest BCUT2D eigenvalue weighted by Gasteiger charge is 2.21. The van der Waals surface area contributed by atoms with E-state index >= 15 is 0 Å². The van der Waals surface area contributed by atoms with Gasteiger partial charge in [-0.25, -0.2) is 0 Å². The topological polar surface area (TPSA) is 81.2 Å². The van der Waals surface area contributed by atoms with Gasteiger partial charge in [0.05, 0.1) is 10.5 Å². The zero-order valence-corrected chi connectivity index (χ0v) is 8.77. The lowest BCUT2D eigenvalue weighted by atomic mass is 10.0. The number of aromatic nitrogens is 2. The predicted molar refractivity (Wildman–Crippen MR) is 53.7 cm³/mol. The molecule has 1 aromatic heterocycles. The summed E-state index contributed by atoms with van der Waals surface area (Å²) in [7, 11) is 5.35. The fourth-order valence-electron chi connectivity index (χ4n) is 0.987. The molecule has 0 saturated heterocycles. The van der Waals surface area contributed by atoms with Crippen LogP contribution in [-0.2, 0) is 6.54 Å². The summed E-state index contributed by atoms with van der Waals surface area (Å²) < 4.78 is 1.58. The van der Waals surface area contributed by atoms with Crippen LogP contribution in [0.5, 0.6) is 0 Å². The standard InChI is InChI=1S/C6H7BBrN3O3/c7-5-4(11(13)14)6(8)10(9-5)2-1-3-12/h12H,1-3H2. The van der Waals surface area contributed by atoms with Crippen LogP contribution >= 0.6 is 15.9 Å². The van der Waals surface area contributed by atoms with Gasteiger partial charge in [-0.1, -0.05) is 0 Å². The van der Waals surface area contributed by atoms with Crippen LogP contribution in [0.25, 0.3) is 0 Å². The number of rotatable bonds is 4. The van der Waals surface area contributed by atoms with E-state index in [9.17, 15) is 10.1 Å². The second kappa shape index (κ2) is 4.56. The third kappa shape index (κ3) is 2.13. The van der Waals surface area contributed by atoms with E-state index in [4.69, 9.17) is 13.0 Å². The second-order valence-electron chi connectivity index (χ2n) is 2.58. The summed E-state index contributed by atoms with van der Waals surface area (Å²) in [4.78, 5) is 9.93. The van der Waals surface area contributed by atoms with E-state index in [0.717, 1.165) is 0 Å². The van der Waals surface area contributed by atoms with Gasteiger partial charge in [0.2, 0.25) is 0 Å². The molecule has 1 N–H and O–H groups in total. The third-order valence-corrected chi connectivity index (χ3v) is 2.39. The Balaban J connectivity index is 2.98. The van der Waals surface area contributed by atoms with Crippen LogP contribution in [0.1, 0.15) is 6.42 Å². The zero-order valence-electron chi connectivity index (χ0n) is 7.18. The van der Waals surface area contributed by atoms with Crippen molar-refractivity contribution in [2.45, 2.75) is 13.0 Å². The minimum atomic E-state index is -0.595. The van der Waals surface area contributed by atoms with E-state index < -0.39 is 4.92 Å². The van der Waals surface area contributed by atoms with E-state index in [0.29, 0.717) is 13.0 Å². The lowest BCUT2D eigenvalue weighted by Crippen LogP contribution is -2.11. The molecule has 0 aliphatic rings. The van der Waals surface area contributed by atoms with Gasteiger partial charge in [0.25, 0.3) is 0 Å². The van der Waals surface area contributed by atoms with Crippen molar-refractivity contribution in [3.63, 3.8) is 0 Å².